The molecule has 2 rings (SSSR count). The van der Waals surface area contributed by atoms with Gasteiger partial charge in [-0.3, -0.25) is 0 Å². The van der Waals surface area contributed by atoms with Gasteiger partial charge in [-0.2, -0.15) is 4.98 Å². The molecule has 1 fully saturated rings. The normalized spacial score (nSPS) is 17.6. The third kappa shape index (κ3) is 3.72. The zero-order chi connectivity index (χ0) is 14.4. The van der Waals surface area contributed by atoms with Crippen LogP contribution in [0.5, 0.6) is 0 Å². The molecule has 0 amide bonds. The summed E-state index contributed by atoms with van der Waals surface area (Å²) in [6, 6.07) is 0.479. The first-order valence-electron chi connectivity index (χ1n) is 8.09. The summed E-state index contributed by atoms with van der Waals surface area (Å²) in [5.74, 6) is 2.26. The SMILES string of the molecule is CCNC(Cc1nc(N(CC)CC)no1)C1CCCC1. The van der Waals surface area contributed by atoms with Gasteiger partial charge in [0.1, 0.15) is 0 Å². The minimum Gasteiger partial charge on any atom is -0.339 e. The molecule has 1 aliphatic carbocycles. The second kappa shape index (κ2) is 7.62. The lowest BCUT2D eigenvalue weighted by Crippen LogP contribution is -2.37. The van der Waals surface area contributed by atoms with Crippen LogP contribution in [-0.2, 0) is 6.42 Å². The van der Waals surface area contributed by atoms with Gasteiger partial charge in [-0.25, -0.2) is 0 Å². The van der Waals surface area contributed by atoms with Crippen LogP contribution in [0.4, 0.5) is 5.95 Å². The van der Waals surface area contributed by atoms with Crippen molar-refractivity contribution in [1.29, 1.82) is 0 Å². The number of likely N-dealkylation sites (N-methyl/N-ethyl adjacent to an activating group) is 1. The molecule has 20 heavy (non-hydrogen) atoms. The van der Waals surface area contributed by atoms with Crippen LogP contribution in [0.2, 0.25) is 0 Å². The Morgan fingerprint density at radius 3 is 2.55 bits per heavy atom. The van der Waals surface area contributed by atoms with E-state index in [0.29, 0.717) is 6.04 Å². The fourth-order valence-electron chi connectivity index (χ4n) is 3.18. The summed E-state index contributed by atoms with van der Waals surface area (Å²) in [5, 5.41) is 7.71. The molecule has 1 aliphatic rings. The highest BCUT2D eigenvalue weighted by molar-refractivity contribution is 5.26. The molecule has 0 bridgehead atoms. The first-order chi connectivity index (χ1) is 9.78. The lowest BCUT2D eigenvalue weighted by molar-refractivity contribution is 0.310. The molecule has 0 radical (unpaired) electrons. The van der Waals surface area contributed by atoms with Crippen LogP contribution in [0, 0.1) is 5.92 Å². The molecule has 1 N–H and O–H groups in total. The molecule has 1 saturated carbocycles. The maximum absolute atomic E-state index is 5.44. The van der Waals surface area contributed by atoms with Crippen LogP contribution >= 0.6 is 0 Å². The second-order valence-corrected chi connectivity index (χ2v) is 5.57. The third-order valence-electron chi connectivity index (χ3n) is 4.33. The van der Waals surface area contributed by atoms with Crippen LogP contribution in [0.25, 0.3) is 0 Å². The van der Waals surface area contributed by atoms with Crippen molar-refractivity contribution in [2.24, 2.45) is 5.92 Å². The minimum atomic E-state index is 0.479. The quantitative estimate of drug-likeness (QED) is 0.793. The molecule has 0 saturated heterocycles. The van der Waals surface area contributed by atoms with Gasteiger partial charge in [0.25, 0.3) is 5.95 Å². The molecule has 1 atom stereocenters. The summed E-state index contributed by atoms with van der Waals surface area (Å²) in [7, 11) is 0. The Kier molecular flexibility index (Phi) is 5.83. The summed E-state index contributed by atoms with van der Waals surface area (Å²) in [6.07, 6.45) is 6.23. The first kappa shape index (κ1) is 15.3. The largest absolute Gasteiger partial charge is 0.339 e. The van der Waals surface area contributed by atoms with E-state index in [2.05, 4.69) is 41.1 Å². The first-order valence-corrected chi connectivity index (χ1v) is 8.09. The van der Waals surface area contributed by atoms with E-state index in [1.807, 2.05) is 0 Å². The number of rotatable bonds is 8. The van der Waals surface area contributed by atoms with Crippen LogP contribution in [0.3, 0.4) is 0 Å². The van der Waals surface area contributed by atoms with Crippen molar-refractivity contribution in [3.8, 4) is 0 Å². The number of hydrogen-bond acceptors (Lipinski definition) is 5. The van der Waals surface area contributed by atoms with Gasteiger partial charge in [-0.15, -0.1) is 0 Å². The molecule has 0 aliphatic heterocycles. The van der Waals surface area contributed by atoms with E-state index in [4.69, 9.17) is 4.52 Å². The Morgan fingerprint density at radius 2 is 1.95 bits per heavy atom. The standard InChI is InChI=1S/C15H28N4O/c1-4-16-13(12-9-7-8-10-12)11-14-17-15(18-20-14)19(5-2)6-3/h12-13,16H,4-11H2,1-3H3. The maximum atomic E-state index is 5.44. The summed E-state index contributed by atoms with van der Waals surface area (Å²) in [4.78, 5) is 6.67. The van der Waals surface area contributed by atoms with Crippen molar-refractivity contribution >= 4 is 5.95 Å². The number of aromatic nitrogens is 2. The molecule has 1 aromatic rings. The Bertz CT molecular complexity index is 383. The third-order valence-corrected chi connectivity index (χ3v) is 4.33. The average molecular weight is 280 g/mol. The summed E-state index contributed by atoms with van der Waals surface area (Å²) in [6.45, 7) is 9.21. The van der Waals surface area contributed by atoms with Gasteiger partial charge >= 0.3 is 0 Å². The zero-order valence-electron chi connectivity index (χ0n) is 13.1. The van der Waals surface area contributed by atoms with E-state index in [-0.39, 0.29) is 0 Å². The highest BCUT2D eigenvalue weighted by Crippen LogP contribution is 2.29. The van der Waals surface area contributed by atoms with Gasteiger partial charge in [0.2, 0.25) is 5.89 Å². The Hall–Kier alpha value is -1.10. The number of nitrogens with one attached hydrogen (secondary N) is 1. The van der Waals surface area contributed by atoms with Crippen molar-refractivity contribution in [3.05, 3.63) is 5.89 Å². The van der Waals surface area contributed by atoms with E-state index < -0.39 is 0 Å². The van der Waals surface area contributed by atoms with E-state index in [9.17, 15) is 0 Å². The minimum absolute atomic E-state index is 0.479. The molecule has 5 nitrogen and oxygen atoms in total. The fourth-order valence-corrected chi connectivity index (χ4v) is 3.18. The van der Waals surface area contributed by atoms with Crippen molar-refractivity contribution in [1.82, 2.24) is 15.5 Å². The molecule has 0 aromatic carbocycles. The smallest absolute Gasteiger partial charge is 0.266 e. The molecular weight excluding hydrogens is 252 g/mol. The maximum Gasteiger partial charge on any atom is 0.266 e. The van der Waals surface area contributed by atoms with Gasteiger partial charge in [-0.1, -0.05) is 19.8 Å². The fraction of sp³-hybridized carbons (Fsp3) is 0.867. The summed E-state index contributed by atoms with van der Waals surface area (Å²) >= 11 is 0. The number of anilines is 1. The van der Waals surface area contributed by atoms with Gasteiger partial charge in [-0.05, 0) is 44.3 Å². The van der Waals surface area contributed by atoms with Crippen molar-refractivity contribution in [2.45, 2.75) is 58.9 Å². The van der Waals surface area contributed by atoms with E-state index >= 15 is 0 Å². The second-order valence-electron chi connectivity index (χ2n) is 5.57. The van der Waals surface area contributed by atoms with Gasteiger partial charge in [0.05, 0.1) is 0 Å². The van der Waals surface area contributed by atoms with Crippen LogP contribution < -0.4 is 10.2 Å². The highest BCUT2D eigenvalue weighted by Gasteiger charge is 2.26. The van der Waals surface area contributed by atoms with E-state index in [0.717, 1.165) is 43.8 Å². The topological polar surface area (TPSA) is 54.2 Å². The molecule has 114 valence electrons. The molecule has 1 heterocycles. The highest BCUT2D eigenvalue weighted by atomic mass is 16.5. The van der Waals surface area contributed by atoms with Crippen LogP contribution in [-0.4, -0.2) is 35.8 Å². The molecular formula is C15H28N4O. The lowest BCUT2D eigenvalue weighted by Gasteiger charge is -2.22. The average Bonchev–Trinajstić information content (AvgIpc) is 3.11. The lowest BCUT2D eigenvalue weighted by atomic mass is 9.95. The van der Waals surface area contributed by atoms with Gasteiger partial charge < -0.3 is 14.7 Å². The number of nitrogens with zero attached hydrogens (tertiary/aromatic N) is 3. The molecule has 1 unspecified atom stereocenters. The van der Waals surface area contributed by atoms with Crippen molar-refractivity contribution < 1.29 is 4.52 Å². The molecule has 0 spiro atoms. The van der Waals surface area contributed by atoms with Gasteiger partial charge in [0.15, 0.2) is 0 Å². The summed E-state index contributed by atoms with van der Waals surface area (Å²) < 4.78 is 5.44. The van der Waals surface area contributed by atoms with E-state index in [1.165, 1.54) is 25.7 Å². The van der Waals surface area contributed by atoms with E-state index in [1.54, 1.807) is 0 Å². The predicted molar refractivity (Wildman–Crippen MR) is 81.0 cm³/mol. The molecule has 1 aromatic heterocycles. The molecule has 5 heteroatoms. The summed E-state index contributed by atoms with van der Waals surface area (Å²) in [5.41, 5.74) is 0. The Labute approximate surface area is 122 Å². The predicted octanol–water partition coefficient (Wildman–Crippen LogP) is 2.63. The Balaban J connectivity index is 1.99. The zero-order valence-corrected chi connectivity index (χ0v) is 13.1. The van der Waals surface area contributed by atoms with Crippen molar-refractivity contribution in [2.75, 3.05) is 24.5 Å². The van der Waals surface area contributed by atoms with Gasteiger partial charge in [0, 0.05) is 25.6 Å². The van der Waals surface area contributed by atoms with Crippen LogP contribution in [0.1, 0.15) is 52.3 Å². The van der Waals surface area contributed by atoms with Crippen LogP contribution in [0.15, 0.2) is 4.52 Å². The Morgan fingerprint density at radius 1 is 1.25 bits per heavy atom. The number of hydrogen-bond donors (Lipinski definition) is 1. The van der Waals surface area contributed by atoms with Crippen molar-refractivity contribution in [3.63, 3.8) is 0 Å². The monoisotopic (exact) mass is 280 g/mol.